The number of aromatic carboxylic acids is 1. The van der Waals surface area contributed by atoms with Gasteiger partial charge in [-0.25, -0.2) is 14.6 Å². The summed E-state index contributed by atoms with van der Waals surface area (Å²) in [6.07, 6.45) is 1.26. The Hall–Kier alpha value is -3.27. The lowest BCUT2D eigenvalue weighted by atomic mass is 10.2. The predicted octanol–water partition coefficient (Wildman–Crippen LogP) is 2.06. The van der Waals surface area contributed by atoms with Crippen molar-refractivity contribution in [3.63, 3.8) is 0 Å². The van der Waals surface area contributed by atoms with Gasteiger partial charge in [-0.05, 0) is 18.2 Å². The normalized spacial score (nSPS) is 10.3. The van der Waals surface area contributed by atoms with Crippen molar-refractivity contribution in [2.75, 3.05) is 0 Å². The number of carboxylic acid groups (broad SMARTS) is 1. The Balaban J connectivity index is 2.12. The topological polar surface area (TPSA) is 85.3 Å². The fourth-order valence-electron chi connectivity index (χ4n) is 1.78. The summed E-state index contributed by atoms with van der Waals surface area (Å²) < 4.78 is 1.49. The molecule has 0 atom stereocenters. The Morgan fingerprint density at radius 2 is 2.05 bits per heavy atom. The summed E-state index contributed by atoms with van der Waals surface area (Å²) in [5.41, 5.74) is 2.16. The van der Waals surface area contributed by atoms with Gasteiger partial charge in [-0.1, -0.05) is 17.3 Å². The van der Waals surface area contributed by atoms with Crippen molar-refractivity contribution in [1.29, 1.82) is 0 Å². The third kappa shape index (κ3) is 1.85. The van der Waals surface area contributed by atoms with Gasteiger partial charge in [0.25, 0.3) is 0 Å². The van der Waals surface area contributed by atoms with Gasteiger partial charge >= 0.3 is 5.97 Å². The van der Waals surface area contributed by atoms with Crippen molar-refractivity contribution in [2.24, 2.45) is 0 Å². The molecule has 3 rings (SSSR count). The maximum absolute atomic E-state index is 10.9. The van der Waals surface area contributed by atoms with Crippen molar-refractivity contribution in [3.8, 4) is 5.69 Å². The first kappa shape index (κ1) is 11.8. The molecule has 3 aromatic rings. The Morgan fingerprint density at radius 3 is 2.70 bits per heavy atom. The molecule has 7 heteroatoms. The molecular weight excluding hydrogens is 258 g/mol. The standard InChI is InChI=1S/C13H7N5O2/c1-14-9-2-4-10(5-3-9)18-12-11(16-17-18)6-8(7-15-12)13(19)20/h2-7H,(H,19,20). The average molecular weight is 265 g/mol. The summed E-state index contributed by atoms with van der Waals surface area (Å²) in [5, 5.41) is 16.8. The Bertz CT molecular complexity index is 845. The van der Waals surface area contributed by atoms with E-state index in [-0.39, 0.29) is 5.56 Å². The van der Waals surface area contributed by atoms with Crippen LogP contribution >= 0.6 is 0 Å². The summed E-state index contributed by atoms with van der Waals surface area (Å²) in [6.45, 7) is 6.91. The molecule has 0 radical (unpaired) electrons. The van der Waals surface area contributed by atoms with Gasteiger partial charge in [-0.3, -0.25) is 0 Å². The van der Waals surface area contributed by atoms with Crippen LogP contribution in [0.15, 0.2) is 36.5 Å². The SMILES string of the molecule is [C-]#[N+]c1ccc(-n2nnc3cc(C(=O)O)cnc32)cc1. The van der Waals surface area contributed by atoms with Gasteiger partial charge in [0.05, 0.1) is 17.8 Å². The fraction of sp³-hybridized carbons (Fsp3) is 0. The molecule has 20 heavy (non-hydrogen) atoms. The van der Waals surface area contributed by atoms with E-state index in [0.717, 1.165) is 0 Å². The van der Waals surface area contributed by atoms with Gasteiger partial charge in [0, 0.05) is 6.20 Å². The molecule has 1 aromatic carbocycles. The van der Waals surface area contributed by atoms with Gasteiger partial charge in [-0.2, -0.15) is 4.68 Å². The smallest absolute Gasteiger partial charge is 0.337 e. The average Bonchev–Trinajstić information content (AvgIpc) is 2.90. The Kier molecular flexibility index (Phi) is 2.62. The molecule has 0 aliphatic rings. The lowest BCUT2D eigenvalue weighted by Gasteiger charge is -2.01. The fourth-order valence-corrected chi connectivity index (χ4v) is 1.78. The molecule has 2 aromatic heterocycles. The molecule has 0 bridgehead atoms. The zero-order chi connectivity index (χ0) is 14.1. The van der Waals surface area contributed by atoms with Crippen LogP contribution in [0.3, 0.4) is 0 Å². The molecule has 0 aliphatic heterocycles. The van der Waals surface area contributed by atoms with Crippen LogP contribution < -0.4 is 0 Å². The molecule has 0 saturated heterocycles. The van der Waals surface area contributed by atoms with E-state index >= 15 is 0 Å². The number of nitrogens with zero attached hydrogens (tertiary/aromatic N) is 5. The van der Waals surface area contributed by atoms with E-state index in [9.17, 15) is 4.79 Å². The van der Waals surface area contributed by atoms with E-state index in [1.807, 2.05) is 0 Å². The largest absolute Gasteiger partial charge is 0.478 e. The molecule has 2 heterocycles. The summed E-state index contributed by atoms with van der Waals surface area (Å²) >= 11 is 0. The van der Waals surface area contributed by atoms with Gasteiger partial charge in [0.15, 0.2) is 11.3 Å². The van der Waals surface area contributed by atoms with Crippen molar-refractivity contribution >= 4 is 22.8 Å². The minimum Gasteiger partial charge on any atom is -0.478 e. The number of pyridine rings is 1. The highest BCUT2D eigenvalue weighted by molar-refractivity contribution is 5.90. The van der Waals surface area contributed by atoms with Crippen LogP contribution in [0.4, 0.5) is 5.69 Å². The zero-order valence-electron chi connectivity index (χ0n) is 10.1. The van der Waals surface area contributed by atoms with Gasteiger partial charge < -0.3 is 5.11 Å². The number of hydrogen-bond acceptors (Lipinski definition) is 4. The summed E-state index contributed by atoms with van der Waals surface area (Å²) in [5.74, 6) is -1.06. The Morgan fingerprint density at radius 1 is 1.30 bits per heavy atom. The van der Waals surface area contributed by atoms with Crippen molar-refractivity contribution in [1.82, 2.24) is 20.0 Å². The maximum Gasteiger partial charge on any atom is 0.337 e. The molecular formula is C13H7N5O2. The first-order chi connectivity index (χ1) is 9.69. The van der Waals surface area contributed by atoms with Gasteiger partial charge in [0.2, 0.25) is 0 Å². The summed E-state index contributed by atoms with van der Waals surface area (Å²) in [4.78, 5) is 18.3. The molecule has 0 amide bonds. The third-order valence-electron chi connectivity index (χ3n) is 2.76. The lowest BCUT2D eigenvalue weighted by Crippen LogP contribution is -2.00. The first-order valence-corrected chi connectivity index (χ1v) is 5.61. The van der Waals surface area contributed by atoms with Gasteiger partial charge in [-0.15, -0.1) is 5.10 Å². The molecule has 1 N–H and O–H groups in total. The molecule has 0 unspecified atom stereocenters. The number of carboxylic acids is 1. The van der Waals surface area contributed by atoms with Crippen LogP contribution in [0.5, 0.6) is 0 Å². The van der Waals surface area contributed by atoms with Crippen LogP contribution in [0.25, 0.3) is 21.7 Å². The number of aromatic nitrogens is 4. The van der Waals surface area contributed by atoms with Crippen molar-refractivity contribution < 1.29 is 9.90 Å². The second-order valence-corrected chi connectivity index (χ2v) is 4.00. The number of hydrogen-bond donors (Lipinski definition) is 1. The summed E-state index contributed by atoms with van der Waals surface area (Å²) in [6, 6.07) is 8.22. The van der Waals surface area contributed by atoms with Crippen LogP contribution in [-0.4, -0.2) is 31.1 Å². The van der Waals surface area contributed by atoms with Crippen LogP contribution in [-0.2, 0) is 0 Å². The van der Waals surface area contributed by atoms with Crippen LogP contribution in [0, 0.1) is 6.57 Å². The molecule has 7 nitrogen and oxygen atoms in total. The molecule has 0 saturated carbocycles. The molecule has 96 valence electrons. The minimum absolute atomic E-state index is 0.0629. The van der Waals surface area contributed by atoms with Crippen LogP contribution in [0.1, 0.15) is 10.4 Å². The number of carbonyl (C=O) groups is 1. The maximum atomic E-state index is 10.9. The second-order valence-electron chi connectivity index (χ2n) is 4.00. The quantitative estimate of drug-likeness (QED) is 0.717. The highest BCUT2D eigenvalue weighted by atomic mass is 16.4. The highest BCUT2D eigenvalue weighted by Gasteiger charge is 2.11. The second kappa shape index (κ2) is 4.44. The van der Waals surface area contributed by atoms with E-state index in [1.54, 1.807) is 24.3 Å². The van der Waals surface area contributed by atoms with E-state index in [1.165, 1.54) is 16.9 Å². The molecule has 0 aliphatic carbocycles. The van der Waals surface area contributed by atoms with Crippen LogP contribution in [0.2, 0.25) is 0 Å². The van der Waals surface area contributed by atoms with E-state index in [4.69, 9.17) is 11.7 Å². The minimum atomic E-state index is -1.06. The van der Waals surface area contributed by atoms with Crippen molar-refractivity contribution in [3.05, 3.63) is 53.5 Å². The highest BCUT2D eigenvalue weighted by Crippen LogP contribution is 2.18. The number of fused-ring (bicyclic) bond motifs is 1. The Labute approximate surface area is 112 Å². The summed E-state index contributed by atoms with van der Waals surface area (Å²) in [7, 11) is 0. The van der Waals surface area contributed by atoms with E-state index in [2.05, 4.69) is 20.1 Å². The van der Waals surface area contributed by atoms with Crippen molar-refractivity contribution in [2.45, 2.75) is 0 Å². The third-order valence-corrected chi connectivity index (χ3v) is 2.76. The molecule has 0 fully saturated rings. The number of rotatable bonds is 2. The van der Waals surface area contributed by atoms with E-state index in [0.29, 0.717) is 22.5 Å². The lowest BCUT2D eigenvalue weighted by molar-refractivity contribution is 0.0696. The number of benzene rings is 1. The monoisotopic (exact) mass is 265 g/mol. The van der Waals surface area contributed by atoms with E-state index < -0.39 is 5.97 Å². The zero-order valence-corrected chi connectivity index (χ0v) is 10.1. The molecule has 0 spiro atoms. The predicted molar refractivity (Wildman–Crippen MR) is 69.9 cm³/mol. The van der Waals surface area contributed by atoms with Gasteiger partial charge in [0.1, 0.15) is 5.52 Å². The first-order valence-electron chi connectivity index (χ1n) is 5.61.